The normalized spacial score (nSPS) is 17.6. The highest BCUT2D eigenvalue weighted by Crippen LogP contribution is 2.45. The summed E-state index contributed by atoms with van der Waals surface area (Å²) in [5.74, 6) is 0.294. The van der Waals surface area contributed by atoms with Crippen LogP contribution in [-0.4, -0.2) is 40.8 Å². The lowest BCUT2D eigenvalue weighted by Crippen LogP contribution is -2.49. The van der Waals surface area contributed by atoms with Crippen LogP contribution in [0.3, 0.4) is 0 Å². The maximum Gasteiger partial charge on any atom is 0.274 e. The number of thiazole rings is 1. The van der Waals surface area contributed by atoms with E-state index >= 15 is 0 Å². The fraction of sp³-hybridized carbons (Fsp3) is 0.300. The molecule has 3 aromatic carbocycles. The van der Waals surface area contributed by atoms with Gasteiger partial charge < -0.3 is 10.2 Å². The van der Waals surface area contributed by atoms with Gasteiger partial charge in [-0.15, -0.1) is 11.3 Å². The van der Waals surface area contributed by atoms with Crippen molar-refractivity contribution in [3.05, 3.63) is 88.0 Å². The summed E-state index contributed by atoms with van der Waals surface area (Å²) in [7, 11) is 0. The van der Waals surface area contributed by atoms with Crippen LogP contribution < -0.4 is 5.32 Å². The molecule has 1 N–H and O–H groups in total. The third-order valence-electron chi connectivity index (χ3n) is 7.28. The number of nitrogens with zero attached hydrogens (tertiary/aromatic N) is 2. The lowest BCUT2D eigenvalue weighted by Gasteiger charge is -2.35. The molecule has 0 unspecified atom stereocenters. The Kier molecular flexibility index (Phi) is 6.70. The molecule has 1 aliphatic carbocycles. The molecule has 37 heavy (non-hydrogen) atoms. The molecule has 6 rings (SSSR count). The first-order valence-electron chi connectivity index (χ1n) is 12.9. The molecule has 0 spiro atoms. The molecule has 2 fully saturated rings. The van der Waals surface area contributed by atoms with E-state index in [1.54, 1.807) is 11.3 Å². The number of fused-ring (bicyclic) bond motifs is 1. The third kappa shape index (κ3) is 5.00. The van der Waals surface area contributed by atoms with Crippen LogP contribution in [0.25, 0.3) is 21.2 Å². The molecule has 1 atom stereocenters. The number of hydrogen-bond donors (Lipinski definition) is 1. The molecule has 2 amide bonds. The first-order chi connectivity index (χ1) is 18.1. The van der Waals surface area contributed by atoms with Gasteiger partial charge in [-0.05, 0) is 66.6 Å². The van der Waals surface area contributed by atoms with Crippen LogP contribution in [0.5, 0.6) is 0 Å². The van der Waals surface area contributed by atoms with E-state index in [-0.39, 0.29) is 17.9 Å². The van der Waals surface area contributed by atoms with Gasteiger partial charge in [0.15, 0.2) is 0 Å². The molecule has 1 saturated carbocycles. The van der Waals surface area contributed by atoms with E-state index in [1.807, 2.05) is 71.6 Å². The Morgan fingerprint density at radius 3 is 2.65 bits per heavy atom. The third-order valence-corrected chi connectivity index (χ3v) is 8.78. The van der Waals surface area contributed by atoms with Gasteiger partial charge in [0.1, 0.15) is 5.69 Å². The molecular weight excluding hydrogens is 502 g/mol. The molecule has 1 saturated heterocycles. The standard InChI is InChI=1S/C30H28ClN3O2S/c31-22-10-5-9-21(17-22)27-26(33-29(37-27)20-14-15-20)30(36)34-16-4-3-11-23(34)18-32-28(35)25-13-6-8-19-7-1-2-12-24(19)25/h1-2,5-10,12-13,17,20,23H,3-4,11,14-16,18H2,(H,32,35)/t23-/m0/s1. The summed E-state index contributed by atoms with van der Waals surface area (Å²) in [4.78, 5) is 34.8. The second-order valence-electron chi connectivity index (χ2n) is 9.90. The average Bonchev–Trinajstić information content (AvgIpc) is 3.69. The van der Waals surface area contributed by atoms with Crippen molar-refractivity contribution in [2.24, 2.45) is 0 Å². The topological polar surface area (TPSA) is 62.3 Å². The number of hydrogen-bond acceptors (Lipinski definition) is 4. The Labute approximate surface area is 225 Å². The predicted molar refractivity (Wildman–Crippen MR) is 149 cm³/mol. The Bertz CT molecular complexity index is 1470. The number of amides is 2. The number of likely N-dealkylation sites (tertiary alicyclic amines) is 1. The van der Waals surface area contributed by atoms with Crippen LogP contribution in [0.2, 0.25) is 5.02 Å². The van der Waals surface area contributed by atoms with Gasteiger partial charge >= 0.3 is 0 Å². The largest absolute Gasteiger partial charge is 0.350 e. The maximum atomic E-state index is 14.0. The molecule has 0 bridgehead atoms. The van der Waals surface area contributed by atoms with E-state index in [2.05, 4.69) is 5.32 Å². The number of benzene rings is 3. The molecule has 2 heterocycles. The van der Waals surface area contributed by atoms with Gasteiger partial charge in [0, 0.05) is 35.6 Å². The van der Waals surface area contributed by atoms with Crippen molar-refractivity contribution in [1.29, 1.82) is 0 Å². The van der Waals surface area contributed by atoms with Crippen molar-refractivity contribution < 1.29 is 9.59 Å². The number of halogens is 1. The number of nitrogens with one attached hydrogen (secondary N) is 1. The Hall–Kier alpha value is -3.22. The van der Waals surface area contributed by atoms with E-state index in [0.717, 1.165) is 58.3 Å². The number of carbonyl (C=O) groups excluding carboxylic acids is 2. The molecule has 2 aliphatic rings. The van der Waals surface area contributed by atoms with Gasteiger partial charge in [-0.1, -0.05) is 60.1 Å². The van der Waals surface area contributed by atoms with Gasteiger partial charge in [0.25, 0.3) is 11.8 Å². The van der Waals surface area contributed by atoms with Crippen molar-refractivity contribution in [2.45, 2.75) is 44.1 Å². The van der Waals surface area contributed by atoms with Crippen LogP contribution in [0, 0.1) is 0 Å². The van der Waals surface area contributed by atoms with Crippen molar-refractivity contribution in [2.75, 3.05) is 13.1 Å². The highest BCUT2D eigenvalue weighted by Gasteiger charge is 2.34. The summed E-state index contributed by atoms with van der Waals surface area (Å²) >= 11 is 7.90. The Balaban J connectivity index is 1.24. The second-order valence-corrected chi connectivity index (χ2v) is 11.4. The zero-order valence-electron chi connectivity index (χ0n) is 20.5. The van der Waals surface area contributed by atoms with Gasteiger partial charge in [-0.3, -0.25) is 9.59 Å². The van der Waals surface area contributed by atoms with Crippen molar-refractivity contribution in [3.8, 4) is 10.4 Å². The van der Waals surface area contributed by atoms with Crippen molar-refractivity contribution in [1.82, 2.24) is 15.2 Å². The van der Waals surface area contributed by atoms with Crippen molar-refractivity contribution >= 4 is 45.5 Å². The predicted octanol–water partition coefficient (Wildman–Crippen LogP) is 6.92. The molecule has 4 aromatic rings. The first kappa shape index (κ1) is 24.1. The Morgan fingerprint density at radius 1 is 1.00 bits per heavy atom. The number of piperidine rings is 1. The first-order valence-corrected chi connectivity index (χ1v) is 14.1. The summed E-state index contributed by atoms with van der Waals surface area (Å²) in [6.07, 6.45) is 5.09. The summed E-state index contributed by atoms with van der Waals surface area (Å²) in [6, 6.07) is 21.2. The quantitative estimate of drug-likeness (QED) is 0.295. The highest BCUT2D eigenvalue weighted by atomic mass is 35.5. The minimum atomic E-state index is -0.112. The molecule has 1 aromatic heterocycles. The smallest absolute Gasteiger partial charge is 0.274 e. The molecule has 7 heteroatoms. The second kappa shape index (κ2) is 10.3. The molecule has 1 aliphatic heterocycles. The van der Waals surface area contributed by atoms with Gasteiger partial charge in [0.05, 0.1) is 9.88 Å². The number of aromatic nitrogens is 1. The van der Waals surface area contributed by atoms with Gasteiger partial charge in [0.2, 0.25) is 0 Å². The van der Waals surface area contributed by atoms with Crippen LogP contribution in [0.4, 0.5) is 0 Å². The minimum Gasteiger partial charge on any atom is -0.350 e. The van der Waals surface area contributed by atoms with E-state index in [4.69, 9.17) is 16.6 Å². The number of rotatable bonds is 6. The van der Waals surface area contributed by atoms with Crippen molar-refractivity contribution in [3.63, 3.8) is 0 Å². The van der Waals surface area contributed by atoms with Gasteiger partial charge in [-0.25, -0.2) is 4.98 Å². The fourth-order valence-electron chi connectivity index (χ4n) is 5.16. The molecular formula is C30H28ClN3O2S. The van der Waals surface area contributed by atoms with E-state index in [1.165, 1.54) is 0 Å². The van der Waals surface area contributed by atoms with E-state index < -0.39 is 0 Å². The molecule has 188 valence electrons. The average molecular weight is 530 g/mol. The van der Waals surface area contributed by atoms with E-state index in [0.29, 0.717) is 35.3 Å². The summed E-state index contributed by atoms with van der Waals surface area (Å²) in [5.41, 5.74) is 2.10. The van der Waals surface area contributed by atoms with Crippen LogP contribution in [-0.2, 0) is 0 Å². The lowest BCUT2D eigenvalue weighted by molar-refractivity contribution is 0.0598. The monoisotopic (exact) mass is 529 g/mol. The zero-order valence-corrected chi connectivity index (χ0v) is 22.0. The fourth-order valence-corrected chi connectivity index (χ4v) is 6.57. The maximum absolute atomic E-state index is 14.0. The van der Waals surface area contributed by atoms with Crippen LogP contribution in [0.1, 0.15) is 63.9 Å². The SMILES string of the molecule is O=C(NC[C@@H]1CCCCN1C(=O)c1nc(C2CC2)sc1-c1cccc(Cl)c1)c1cccc2ccccc12. The lowest BCUT2D eigenvalue weighted by atomic mass is 10.00. The number of carbonyl (C=O) groups is 2. The van der Waals surface area contributed by atoms with Crippen LogP contribution >= 0.6 is 22.9 Å². The molecule has 5 nitrogen and oxygen atoms in total. The summed E-state index contributed by atoms with van der Waals surface area (Å²) < 4.78 is 0. The zero-order chi connectivity index (χ0) is 25.4. The Morgan fingerprint density at radius 2 is 1.81 bits per heavy atom. The summed E-state index contributed by atoms with van der Waals surface area (Å²) in [6.45, 7) is 1.08. The highest BCUT2D eigenvalue weighted by molar-refractivity contribution is 7.15. The minimum absolute atomic E-state index is 0.0535. The summed E-state index contributed by atoms with van der Waals surface area (Å²) in [5, 5.41) is 6.76. The van der Waals surface area contributed by atoms with Gasteiger partial charge in [-0.2, -0.15) is 0 Å². The van der Waals surface area contributed by atoms with E-state index in [9.17, 15) is 9.59 Å². The molecule has 0 radical (unpaired) electrons. The van der Waals surface area contributed by atoms with Crippen LogP contribution in [0.15, 0.2) is 66.7 Å².